The predicted molar refractivity (Wildman–Crippen MR) is 147 cm³/mol. The molecule has 4 rings (SSSR count). The van der Waals surface area contributed by atoms with Crippen LogP contribution in [0, 0.1) is 17.0 Å². The number of para-hydroxylation sites is 1. The molecule has 0 aliphatic rings. The molecule has 4 aromatic rings. The molecule has 0 saturated carbocycles. The SMILES string of the molecule is Cc1c(NC(=O)C(C)Sc2ccc(NC(=O)c3ccc([N+](=O)[O-])cc3)cc2)c(=O)n(-c2ccccc2)n1C. The molecule has 1 unspecified atom stereocenters. The highest BCUT2D eigenvalue weighted by Crippen LogP contribution is 2.26. The minimum Gasteiger partial charge on any atom is -0.322 e. The van der Waals surface area contributed by atoms with Gasteiger partial charge >= 0.3 is 0 Å². The van der Waals surface area contributed by atoms with Crippen molar-refractivity contribution in [2.24, 2.45) is 7.05 Å². The van der Waals surface area contributed by atoms with Crippen LogP contribution in [0.4, 0.5) is 17.1 Å². The quantitative estimate of drug-likeness (QED) is 0.192. The summed E-state index contributed by atoms with van der Waals surface area (Å²) in [4.78, 5) is 49.5. The Bertz CT molecular complexity index is 1540. The largest absolute Gasteiger partial charge is 0.322 e. The monoisotopic (exact) mass is 531 g/mol. The number of benzene rings is 3. The van der Waals surface area contributed by atoms with Gasteiger partial charge in [-0.05, 0) is 62.4 Å². The number of nitrogens with one attached hydrogen (secondary N) is 2. The summed E-state index contributed by atoms with van der Waals surface area (Å²) in [6.45, 7) is 3.52. The maximum atomic E-state index is 13.1. The molecule has 0 bridgehead atoms. The van der Waals surface area contributed by atoms with E-state index in [9.17, 15) is 24.5 Å². The van der Waals surface area contributed by atoms with Gasteiger partial charge in [0.05, 0.1) is 21.6 Å². The first-order valence-corrected chi connectivity index (χ1v) is 12.5. The lowest BCUT2D eigenvalue weighted by Gasteiger charge is -2.12. The van der Waals surface area contributed by atoms with Crippen molar-refractivity contribution in [1.82, 2.24) is 9.36 Å². The number of thioether (sulfide) groups is 1. The molecule has 0 aliphatic heterocycles. The van der Waals surface area contributed by atoms with Crippen LogP contribution < -0.4 is 16.2 Å². The van der Waals surface area contributed by atoms with Crippen molar-refractivity contribution in [3.63, 3.8) is 0 Å². The van der Waals surface area contributed by atoms with Gasteiger partial charge in [0.1, 0.15) is 5.69 Å². The fraction of sp³-hybridized carbons (Fsp3) is 0.148. The highest BCUT2D eigenvalue weighted by Gasteiger charge is 2.21. The third-order valence-electron chi connectivity index (χ3n) is 5.94. The van der Waals surface area contributed by atoms with Crippen LogP contribution in [0.15, 0.2) is 88.6 Å². The van der Waals surface area contributed by atoms with Crippen molar-refractivity contribution in [2.75, 3.05) is 10.6 Å². The van der Waals surface area contributed by atoms with Gasteiger partial charge in [-0.25, -0.2) is 4.68 Å². The van der Waals surface area contributed by atoms with Gasteiger partial charge in [-0.3, -0.25) is 29.2 Å². The summed E-state index contributed by atoms with van der Waals surface area (Å²) in [5, 5.41) is 15.8. The Labute approximate surface area is 222 Å². The molecule has 1 atom stereocenters. The smallest absolute Gasteiger partial charge is 0.295 e. The van der Waals surface area contributed by atoms with E-state index in [-0.39, 0.29) is 22.8 Å². The fourth-order valence-electron chi connectivity index (χ4n) is 3.75. The minimum atomic E-state index is -0.527. The van der Waals surface area contributed by atoms with Gasteiger partial charge in [0.25, 0.3) is 17.2 Å². The number of hydrogen-bond donors (Lipinski definition) is 2. The zero-order valence-corrected chi connectivity index (χ0v) is 21.7. The van der Waals surface area contributed by atoms with Crippen molar-refractivity contribution in [1.29, 1.82) is 0 Å². The average Bonchev–Trinajstić information content (AvgIpc) is 3.13. The van der Waals surface area contributed by atoms with E-state index in [1.54, 1.807) is 49.8 Å². The van der Waals surface area contributed by atoms with E-state index < -0.39 is 16.1 Å². The van der Waals surface area contributed by atoms with Crippen LogP contribution in [-0.4, -0.2) is 31.4 Å². The third kappa shape index (κ3) is 5.68. The summed E-state index contributed by atoms with van der Waals surface area (Å²) >= 11 is 1.31. The number of carbonyl (C=O) groups excluding carboxylic acids is 2. The molecule has 3 aromatic carbocycles. The lowest BCUT2D eigenvalue weighted by molar-refractivity contribution is -0.384. The number of hydrogen-bond acceptors (Lipinski definition) is 6. The molecule has 0 fully saturated rings. The van der Waals surface area contributed by atoms with E-state index >= 15 is 0 Å². The first-order chi connectivity index (χ1) is 18.2. The van der Waals surface area contributed by atoms with Crippen LogP contribution in [0.25, 0.3) is 5.69 Å². The number of non-ortho nitro benzene ring substituents is 1. The molecule has 38 heavy (non-hydrogen) atoms. The van der Waals surface area contributed by atoms with Crippen LogP contribution in [-0.2, 0) is 11.8 Å². The molecule has 11 heteroatoms. The lowest BCUT2D eigenvalue weighted by Crippen LogP contribution is -2.27. The molecular weight excluding hydrogens is 506 g/mol. The zero-order valence-electron chi connectivity index (χ0n) is 20.9. The van der Waals surface area contributed by atoms with Crippen LogP contribution in [0.2, 0.25) is 0 Å². The van der Waals surface area contributed by atoms with Gasteiger partial charge in [0.15, 0.2) is 0 Å². The number of carbonyl (C=O) groups is 2. The molecule has 0 saturated heterocycles. The minimum absolute atomic E-state index is 0.0922. The summed E-state index contributed by atoms with van der Waals surface area (Å²) in [6, 6.07) is 21.5. The van der Waals surface area contributed by atoms with Crippen molar-refractivity contribution >= 4 is 40.6 Å². The van der Waals surface area contributed by atoms with Crippen LogP contribution in [0.5, 0.6) is 0 Å². The lowest BCUT2D eigenvalue weighted by atomic mass is 10.2. The van der Waals surface area contributed by atoms with Gasteiger partial charge in [-0.15, -0.1) is 11.8 Å². The molecule has 194 valence electrons. The highest BCUT2D eigenvalue weighted by molar-refractivity contribution is 8.00. The molecule has 10 nitrogen and oxygen atoms in total. The highest BCUT2D eigenvalue weighted by atomic mass is 32.2. The summed E-state index contributed by atoms with van der Waals surface area (Å²) in [6.07, 6.45) is 0. The van der Waals surface area contributed by atoms with Crippen molar-refractivity contribution in [3.05, 3.63) is 111 Å². The number of nitrogens with zero attached hydrogens (tertiary/aromatic N) is 3. The Morgan fingerprint density at radius 2 is 1.58 bits per heavy atom. The molecule has 0 spiro atoms. The number of nitro groups is 1. The maximum absolute atomic E-state index is 13.1. The molecule has 0 aliphatic carbocycles. The van der Waals surface area contributed by atoms with Gasteiger partial charge in [0, 0.05) is 35.3 Å². The third-order valence-corrected chi connectivity index (χ3v) is 7.05. The summed E-state index contributed by atoms with van der Waals surface area (Å²) in [5.41, 5.74) is 2.00. The van der Waals surface area contributed by atoms with Gasteiger partial charge in [0.2, 0.25) is 5.91 Å². The first kappa shape index (κ1) is 26.4. The van der Waals surface area contributed by atoms with E-state index in [2.05, 4.69) is 10.6 Å². The summed E-state index contributed by atoms with van der Waals surface area (Å²) in [5.74, 6) is -0.705. The Morgan fingerprint density at radius 1 is 0.947 bits per heavy atom. The Hall–Kier alpha value is -4.64. The number of amides is 2. The molecule has 2 N–H and O–H groups in total. The first-order valence-electron chi connectivity index (χ1n) is 11.6. The number of rotatable bonds is 8. The Kier molecular flexibility index (Phi) is 7.77. The van der Waals surface area contributed by atoms with Gasteiger partial charge in [-0.2, -0.15) is 0 Å². The standard InChI is InChI=1S/C27H25N5O5S/c1-17-24(27(35)31(30(17)3)21-7-5-4-6-8-21)29-25(33)18(2)38-23-15-11-20(12-16-23)28-26(34)19-9-13-22(14-10-19)32(36)37/h4-16,18H,1-3H3,(H,28,34)(H,29,33). The van der Waals surface area contributed by atoms with E-state index in [0.29, 0.717) is 22.6 Å². The van der Waals surface area contributed by atoms with Gasteiger partial charge < -0.3 is 10.6 Å². The topological polar surface area (TPSA) is 128 Å². The Morgan fingerprint density at radius 3 is 2.18 bits per heavy atom. The summed E-state index contributed by atoms with van der Waals surface area (Å²) in [7, 11) is 1.76. The van der Waals surface area contributed by atoms with Crippen molar-refractivity contribution in [2.45, 2.75) is 24.0 Å². The molecular formula is C27H25N5O5S. The molecule has 1 heterocycles. The second-order valence-corrected chi connectivity index (χ2v) is 9.88. The second-order valence-electron chi connectivity index (χ2n) is 8.47. The van der Waals surface area contributed by atoms with Crippen molar-refractivity contribution in [3.8, 4) is 5.69 Å². The van der Waals surface area contributed by atoms with E-state index in [4.69, 9.17) is 0 Å². The predicted octanol–water partition coefficient (Wildman–Crippen LogP) is 4.76. The van der Waals surface area contributed by atoms with Crippen LogP contribution in [0.3, 0.4) is 0 Å². The van der Waals surface area contributed by atoms with E-state index in [1.807, 2.05) is 30.3 Å². The normalized spacial score (nSPS) is 11.6. The number of nitro benzene ring substituents is 1. The average molecular weight is 532 g/mol. The molecule has 0 radical (unpaired) electrons. The van der Waals surface area contributed by atoms with Crippen LogP contribution >= 0.6 is 11.8 Å². The fourth-order valence-corrected chi connectivity index (χ4v) is 4.62. The number of anilines is 2. The zero-order chi connectivity index (χ0) is 27.4. The maximum Gasteiger partial charge on any atom is 0.295 e. The van der Waals surface area contributed by atoms with Crippen LogP contribution in [0.1, 0.15) is 23.0 Å². The van der Waals surface area contributed by atoms with E-state index in [0.717, 1.165) is 4.90 Å². The molecule has 1 aromatic heterocycles. The van der Waals surface area contributed by atoms with Gasteiger partial charge in [-0.1, -0.05) is 18.2 Å². The van der Waals surface area contributed by atoms with E-state index in [1.165, 1.54) is 40.7 Å². The second kappa shape index (κ2) is 11.2. The number of aromatic nitrogens is 2. The Balaban J connectivity index is 1.39. The molecule has 2 amide bonds. The summed E-state index contributed by atoms with van der Waals surface area (Å²) < 4.78 is 3.21. The van der Waals surface area contributed by atoms with Crippen molar-refractivity contribution < 1.29 is 14.5 Å².